The molecule has 0 atom stereocenters. The van der Waals surface area contributed by atoms with Crippen molar-refractivity contribution >= 4 is 11.6 Å². The predicted octanol–water partition coefficient (Wildman–Crippen LogP) is 3.34. The molecule has 0 unspecified atom stereocenters. The maximum Gasteiger partial charge on any atom is 0.191 e. The molecule has 1 aromatic carbocycles. The van der Waals surface area contributed by atoms with E-state index in [4.69, 9.17) is 4.74 Å². The smallest absolute Gasteiger partial charge is 0.191 e. The van der Waals surface area contributed by atoms with E-state index in [0.717, 1.165) is 48.9 Å². The summed E-state index contributed by atoms with van der Waals surface area (Å²) in [7, 11) is 3.48. The van der Waals surface area contributed by atoms with Crippen LogP contribution in [0.25, 0.3) is 5.65 Å². The van der Waals surface area contributed by atoms with E-state index < -0.39 is 0 Å². The minimum atomic E-state index is 0.645. The second-order valence-electron chi connectivity index (χ2n) is 6.79. The van der Waals surface area contributed by atoms with Crippen LogP contribution >= 0.6 is 0 Å². The van der Waals surface area contributed by atoms with Gasteiger partial charge in [-0.3, -0.25) is 4.99 Å². The van der Waals surface area contributed by atoms with Gasteiger partial charge in [0.1, 0.15) is 11.4 Å². The van der Waals surface area contributed by atoms with E-state index in [0.29, 0.717) is 6.54 Å². The van der Waals surface area contributed by atoms with Gasteiger partial charge in [0.2, 0.25) is 0 Å². The molecule has 2 heterocycles. The number of benzene rings is 1. The van der Waals surface area contributed by atoms with Crippen LogP contribution in [0.5, 0.6) is 5.75 Å². The molecule has 28 heavy (non-hydrogen) atoms. The van der Waals surface area contributed by atoms with E-state index in [1.807, 2.05) is 24.3 Å². The molecular formula is C22H29N5O. The molecule has 148 valence electrons. The quantitative estimate of drug-likeness (QED) is 0.358. The highest BCUT2D eigenvalue weighted by Gasteiger charge is 2.04. The third kappa shape index (κ3) is 5.25. The lowest BCUT2D eigenvalue weighted by Gasteiger charge is -2.11. The third-order valence-electron chi connectivity index (χ3n) is 4.75. The Morgan fingerprint density at radius 2 is 1.93 bits per heavy atom. The molecule has 0 aliphatic heterocycles. The zero-order valence-electron chi connectivity index (χ0n) is 16.9. The Bertz CT molecular complexity index is 914. The molecule has 0 fully saturated rings. The van der Waals surface area contributed by atoms with E-state index >= 15 is 0 Å². The van der Waals surface area contributed by atoms with Crippen molar-refractivity contribution in [2.45, 2.75) is 32.7 Å². The van der Waals surface area contributed by atoms with Gasteiger partial charge in [0.15, 0.2) is 5.96 Å². The lowest BCUT2D eigenvalue weighted by Crippen LogP contribution is -2.37. The first kappa shape index (κ1) is 19.7. The van der Waals surface area contributed by atoms with Gasteiger partial charge < -0.3 is 19.8 Å². The molecule has 0 saturated heterocycles. The number of aromatic nitrogens is 2. The number of imidazole rings is 1. The second kappa shape index (κ2) is 9.78. The Balaban J connectivity index is 1.38. The van der Waals surface area contributed by atoms with Crippen LogP contribution in [0.1, 0.15) is 29.8 Å². The van der Waals surface area contributed by atoms with Crippen molar-refractivity contribution in [3.8, 4) is 5.75 Å². The van der Waals surface area contributed by atoms with Crippen molar-refractivity contribution in [2.75, 3.05) is 20.7 Å². The SMILES string of the molecule is CN=C(NCCCCc1ccc(OC)cc1)NCc1cn2c(C)cccc2n1. The molecule has 2 N–H and O–H groups in total. The average molecular weight is 380 g/mol. The molecule has 6 heteroatoms. The highest BCUT2D eigenvalue weighted by Crippen LogP contribution is 2.13. The molecule has 6 nitrogen and oxygen atoms in total. The number of unbranched alkanes of at least 4 members (excludes halogenated alkanes) is 1. The summed E-state index contributed by atoms with van der Waals surface area (Å²) in [4.78, 5) is 8.94. The number of guanidine groups is 1. The van der Waals surface area contributed by atoms with E-state index in [1.165, 1.54) is 11.3 Å². The molecule has 0 aliphatic rings. The Hall–Kier alpha value is -3.02. The van der Waals surface area contributed by atoms with E-state index in [9.17, 15) is 0 Å². The van der Waals surface area contributed by atoms with Crippen LogP contribution < -0.4 is 15.4 Å². The largest absolute Gasteiger partial charge is 0.497 e. The molecule has 0 spiro atoms. The van der Waals surface area contributed by atoms with E-state index in [-0.39, 0.29) is 0 Å². The molecule has 3 aromatic rings. The topological polar surface area (TPSA) is 63.0 Å². The summed E-state index contributed by atoms with van der Waals surface area (Å²) >= 11 is 0. The summed E-state index contributed by atoms with van der Waals surface area (Å²) < 4.78 is 7.30. The fourth-order valence-corrected chi connectivity index (χ4v) is 3.13. The maximum absolute atomic E-state index is 5.19. The zero-order chi connectivity index (χ0) is 19.8. The van der Waals surface area contributed by atoms with Gasteiger partial charge in [-0.2, -0.15) is 0 Å². The van der Waals surface area contributed by atoms with Crippen molar-refractivity contribution in [1.82, 2.24) is 20.0 Å². The van der Waals surface area contributed by atoms with E-state index in [1.54, 1.807) is 14.2 Å². The van der Waals surface area contributed by atoms with Crippen LogP contribution in [-0.4, -0.2) is 36.0 Å². The first-order chi connectivity index (χ1) is 13.7. The minimum absolute atomic E-state index is 0.645. The Labute approximate surface area is 166 Å². The normalized spacial score (nSPS) is 11.6. The highest BCUT2D eigenvalue weighted by atomic mass is 16.5. The van der Waals surface area contributed by atoms with Crippen LogP contribution in [0.2, 0.25) is 0 Å². The number of nitrogens with one attached hydrogen (secondary N) is 2. The standard InChI is InChI=1S/C22H29N5O/c1-17-7-6-9-21-26-19(16-27(17)21)15-25-22(23-2)24-14-5-4-8-18-10-12-20(28-3)13-11-18/h6-7,9-13,16H,4-5,8,14-15H2,1-3H3,(H2,23,24,25). The number of hydrogen-bond acceptors (Lipinski definition) is 3. The van der Waals surface area contributed by atoms with Crippen molar-refractivity contribution < 1.29 is 4.74 Å². The number of nitrogens with zero attached hydrogens (tertiary/aromatic N) is 3. The summed E-state index contributed by atoms with van der Waals surface area (Å²) in [6.07, 6.45) is 5.35. The van der Waals surface area contributed by atoms with Crippen molar-refractivity contribution in [2.24, 2.45) is 4.99 Å². The van der Waals surface area contributed by atoms with Gasteiger partial charge in [-0.15, -0.1) is 0 Å². The summed E-state index contributed by atoms with van der Waals surface area (Å²) in [5.74, 6) is 1.71. The number of methoxy groups -OCH3 is 1. The van der Waals surface area contributed by atoms with Crippen molar-refractivity contribution in [3.63, 3.8) is 0 Å². The monoisotopic (exact) mass is 379 g/mol. The maximum atomic E-state index is 5.19. The van der Waals surface area contributed by atoms with E-state index in [2.05, 4.69) is 56.3 Å². The lowest BCUT2D eigenvalue weighted by molar-refractivity contribution is 0.414. The number of aliphatic imine (C=N–C) groups is 1. The molecule has 0 aliphatic carbocycles. The van der Waals surface area contributed by atoms with Gasteiger partial charge in [0.25, 0.3) is 0 Å². The molecule has 3 rings (SSSR count). The number of aryl methyl sites for hydroxylation is 2. The summed E-state index contributed by atoms with van der Waals surface area (Å²) in [6, 6.07) is 14.4. The number of ether oxygens (including phenoxy) is 1. The first-order valence-electron chi connectivity index (χ1n) is 9.70. The molecule has 0 radical (unpaired) electrons. The van der Waals surface area contributed by atoms with Gasteiger partial charge in [0, 0.05) is 25.5 Å². The number of pyridine rings is 1. The summed E-state index contributed by atoms with van der Waals surface area (Å²) in [5, 5.41) is 6.71. The van der Waals surface area contributed by atoms with Crippen LogP contribution in [-0.2, 0) is 13.0 Å². The van der Waals surface area contributed by atoms with Crippen LogP contribution in [0.3, 0.4) is 0 Å². The third-order valence-corrected chi connectivity index (χ3v) is 4.75. The second-order valence-corrected chi connectivity index (χ2v) is 6.79. The number of hydrogen-bond donors (Lipinski definition) is 2. The van der Waals surface area contributed by atoms with Gasteiger partial charge >= 0.3 is 0 Å². The van der Waals surface area contributed by atoms with Crippen LogP contribution in [0, 0.1) is 6.92 Å². The zero-order valence-corrected chi connectivity index (χ0v) is 16.9. The Kier molecular flexibility index (Phi) is 6.89. The Morgan fingerprint density at radius 1 is 1.11 bits per heavy atom. The summed E-state index contributed by atoms with van der Waals surface area (Å²) in [6.45, 7) is 3.62. The lowest BCUT2D eigenvalue weighted by atomic mass is 10.1. The predicted molar refractivity (Wildman–Crippen MR) is 114 cm³/mol. The van der Waals surface area contributed by atoms with Gasteiger partial charge in [-0.05, 0) is 56.0 Å². The van der Waals surface area contributed by atoms with Crippen LogP contribution in [0.4, 0.5) is 0 Å². The van der Waals surface area contributed by atoms with Gasteiger partial charge in [-0.25, -0.2) is 4.98 Å². The fourth-order valence-electron chi connectivity index (χ4n) is 3.13. The highest BCUT2D eigenvalue weighted by molar-refractivity contribution is 5.79. The minimum Gasteiger partial charge on any atom is -0.497 e. The Morgan fingerprint density at radius 3 is 2.64 bits per heavy atom. The molecule has 0 bridgehead atoms. The summed E-state index contributed by atoms with van der Waals surface area (Å²) in [5.41, 5.74) is 4.48. The van der Waals surface area contributed by atoms with Gasteiger partial charge in [-0.1, -0.05) is 18.2 Å². The van der Waals surface area contributed by atoms with Gasteiger partial charge in [0.05, 0.1) is 19.3 Å². The molecule has 0 saturated carbocycles. The first-order valence-corrected chi connectivity index (χ1v) is 9.70. The molecule has 2 aromatic heterocycles. The fraction of sp³-hybridized carbons (Fsp3) is 0.364. The average Bonchev–Trinajstić information content (AvgIpc) is 3.15. The van der Waals surface area contributed by atoms with Crippen molar-refractivity contribution in [1.29, 1.82) is 0 Å². The molecule has 0 amide bonds. The molecular weight excluding hydrogens is 350 g/mol. The number of rotatable bonds is 8. The van der Waals surface area contributed by atoms with Crippen LogP contribution in [0.15, 0.2) is 53.7 Å². The number of fused-ring (bicyclic) bond motifs is 1. The van der Waals surface area contributed by atoms with Crippen molar-refractivity contribution in [3.05, 3.63) is 65.6 Å².